The number of imidazole rings is 1. The molecule has 0 saturated carbocycles. The minimum Gasteiger partial charge on any atom is -0.496 e. The molecule has 2 aromatic rings. The first-order chi connectivity index (χ1) is 8.65. The summed E-state index contributed by atoms with van der Waals surface area (Å²) in [5, 5.41) is 3.15. The Hall–Kier alpha value is -1.81. The summed E-state index contributed by atoms with van der Waals surface area (Å²) in [6, 6.07) is 6.13. The molecule has 96 valence electrons. The fourth-order valence-electron chi connectivity index (χ4n) is 2.08. The van der Waals surface area contributed by atoms with E-state index in [2.05, 4.69) is 28.3 Å². The van der Waals surface area contributed by atoms with Crippen LogP contribution < -0.4 is 10.1 Å². The second-order valence-electron chi connectivity index (χ2n) is 4.38. The zero-order chi connectivity index (χ0) is 13.1. The Morgan fingerprint density at radius 1 is 1.33 bits per heavy atom. The highest BCUT2D eigenvalue weighted by Crippen LogP contribution is 2.31. The summed E-state index contributed by atoms with van der Waals surface area (Å²) in [4.78, 5) is 7.86. The lowest BCUT2D eigenvalue weighted by molar-refractivity contribution is 0.416. The van der Waals surface area contributed by atoms with Gasteiger partial charge in [-0.2, -0.15) is 0 Å². The van der Waals surface area contributed by atoms with E-state index in [-0.39, 0.29) is 0 Å². The van der Waals surface area contributed by atoms with Gasteiger partial charge in [-0.3, -0.25) is 0 Å². The molecule has 0 fully saturated rings. The van der Waals surface area contributed by atoms with Gasteiger partial charge in [-0.25, -0.2) is 4.98 Å². The Labute approximate surface area is 107 Å². The molecule has 0 spiro atoms. The molecule has 2 N–H and O–H groups in total. The van der Waals surface area contributed by atoms with Gasteiger partial charge >= 0.3 is 0 Å². The first-order valence-electron chi connectivity index (χ1n) is 6.00. The van der Waals surface area contributed by atoms with Crippen LogP contribution in [0.2, 0.25) is 0 Å². The lowest BCUT2D eigenvalue weighted by Gasteiger charge is -2.09. The van der Waals surface area contributed by atoms with Crippen LogP contribution in [0.15, 0.2) is 18.2 Å². The summed E-state index contributed by atoms with van der Waals surface area (Å²) in [6.45, 7) is 4.79. The molecule has 18 heavy (non-hydrogen) atoms. The van der Waals surface area contributed by atoms with E-state index >= 15 is 0 Å². The molecule has 0 radical (unpaired) electrons. The van der Waals surface area contributed by atoms with Crippen molar-refractivity contribution in [3.05, 3.63) is 35.3 Å². The third-order valence-corrected chi connectivity index (χ3v) is 2.86. The van der Waals surface area contributed by atoms with Crippen molar-refractivity contribution in [2.45, 2.75) is 20.4 Å². The molecular weight excluding hydrogens is 226 g/mol. The molecule has 0 saturated heterocycles. The first kappa shape index (κ1) is 12.6. The predicted octanol–water partition coefficient (Wildman–Crippen LogP) is 2.42. The lowest BCUT2D eigenvalue weighted by Crippen LogP contribution is -2.06. The highest BCUT2D eigenvalue weighted by molar-refractivity contribution is 5.70. The minimum atomic E-state index is 0.757. The predicted molar refractivity (Wildman–Crippen MR) is 72.8 cm³/mol. The third kappa shape index (κ3) is 2.38. The fraction of sp³-hybridized carbons (Fsp3) is 0.357. The van der Waals surface area contributed by atoms with Crippen LogP contribution in [0.5, 0.6) is 5.75 Å². The topological polar surface area (TPSA) is 49.9 Å². The second kappa shape index (κ2) is 5.23. The van der Waals surface area contributed by atoms with Crippen molar-refractivity contribution in [2.75, 3.05) is 14.2 Å². The van der Waals surface area contributed by atoms with Gasteiger partial charge in [0.05, 0.1) is 18.5 Å². The van der Waals surface area contributed by atoms with Gasteiger partial charge < -0.3 is 15.0 Å². The number of aromatic nitrogens is 2. The van der Waals surface area contributed by atoms with Crippen LogP contribution in [0.3, 0.4) is 0 Å². The number of aryl methyl sites for hydroxylation is 2. The highest BCUT2D eigenvalue weighted by atomic mass is 16.5. The van der Waals surface area contributed by atoms with E-state index in [0.717, 1.165) is 35.1 Å². The molecule has 0 aliphatic rings. The van der Waals surface area contributed by atoms with Gasteiger partial charge in [-0.1, -0.05) is 11.6 Å². The number of benzene rings is 1. The van der Waals surface area contributed by atoms with Gasteiger partial charge in [0.2, 0.25) is 0 Å². The molecule has 4 heteroatoms. The Balaban J connectivity index is 2.56. The van der Waals surface area contributed by atoms with Crippen molar-refractivity contribution in [2.24, 2.45) is 0 Å². The summed E-state index contributed by atoms with van der Waals surface area (Å²) in [5.74, 6) is 1.77. The molecule has 1 aromatic heterocycles. The maximum Gasteiger partial charge on any atom is 0.128 e. The summed E-state index contributed by atoms with van der Waals surface area (Å²) in [7, 11) is 3.61. The third-order valence-electron chi connectivity index (χ3n) is 2.86. The van der Waals surface area contributed by atoms with E-state index in [1.807, 2.05) is 26.1 Å². The normalized spacial score (nSPS) is 10.7. The Bertz CT molecular complexity index is 546. The highest BCUT2D eigenvalue weighted by Gasteiger charge is 2.14. The molecule has 0 unspecified atom stereocenters. The average Bonchev–Trinajstić information content (AvgIpc) is 2.71. The van der Waals surface area contributed by atoms with Crippen molar-refractivity contribution in [3.63, 3.8) is 0 Å². The van der Waals surface area contributed by atoms with E-state index in [1.54, 1.807) is 7.11 Å². The Morgan fingerprint density at radius 2 is 2.11 bits per heavy atom. The maximum absolute atomic E-state index is 5.42. The van der Waals surface area contributed by atoms with Gasteiger partial charge in [0, 0.05) is 12.1 Å². The quantitative estimate of drug-likeness (QED) is 0.869. The van der Waals surface area contributed by atoms with Crippen LogP contribution in [0.25, 0.3) is 11.3 Å². The Morgan fingerprint density at radius 3 is 2.78 bits per heavy atom. The van der Waals surface area contributed by atoms with E-state index in [1.165, 1.54) is 5.56 Å². The number of ether oxygens (including phenoxy) is 1. The molecule has 0 amide bonds. The zero-order valence-electron chi connectivity index (χ0n) is 11.3. The van der Waals surface area contributed by atoms with Crippen molar-refractivity contribution in [1.29, 1.82) is 0 Å². The second-order valence-corrected chi connectivity index (χ2v) is 4.38. The lowest BCUT2D eigenvalue weighted by atomic mass is 10.1. The van der Waals surface area contributed by atoms with Crippen molar-refractivity contribution in [1.82, 2.24) is 15.3 Å². The van der Waals surface area contributed by atoms with Gasteiger partial charge in [0.15, 0.2) is 0 Å². The van der Waals surface area contributed by atoms with Crippen LogP contribution in [0.4, 0.5) is 0 Å². The summed E-state index contributed by atoms with van der Waals surface area (Å²) in [5.41, 5.74) is 4.27. The molecule has 0 aliphatic carbocycles. The number of rotatable bonds is 4. The largest absolute Gasteiger partial charge is 0.496 e. The molecule has 1 heterocycles. The van der Waals surface area contributed by atoms with Gasteiger partial charge in [-0.15, -0.1) is 0 Å². The summed E-state index contributed by atoms with van der Waals surface area (Å²) in [6.07, 6.45) is 0. The molecule has 1 aromatic carbocycles. The van der Waals surface area contributed by atoms with Gasteiger partial charge in [-0.05, 0) is 33.0 Å². The van der Waals surface area contributed by atoms with Crippen LogP contribution in [-0.4, -0.2) is 24.1 Å². The fourth-order valence-corrected chi connectivity index (χ4v) is 2.08. The molecule has 0 aliphatic heterocycles. The van der Waals surface area contributed by atoms with Crippen molar-refractivity contribution < 1.29 is 4.74 Å². The van der Waals surface area contributed by atoms with Crippen LogP contribution >= 0.6 is 0 Å². The van der Waals surface area contributed by atoms with Gasteiger partial charge in [0.1, 0.15) is 11.6 Å². The Kier molecular flexibility index (Phi) is 3.67. The molecule has 4 nitrogen and oxygen atoms in total. The molecular formula is C14H19N3O. The number of methoxy groups -OCH3 is 1. The number of nitrogens with zero attached hydrogens (tertiary/aromatic N) is 1. The van der Waals surface area contributed by atoms with Gasteiger partial charge in [0.25, 0.3) is 0 Å². The number of hydrogen-bond acceptors (Lipinski definition) is 3. The smallest absolute Gasteiger partial charge is 0.128 e. The molecule has 2 rings (SSSR count). The van der Waals surface area contributed by atoms with E-state index in [9.17, 15) is 0 Å². The van der Waals surface area contributed by atoms with E-state index in [0.29, 0.717) is 0 Å². The van der Waals surface area contributed by atoms with E-state index in [4.69, 9.17) is 4.74 Å². The standard InChI is InChI=1S/C14H19N3O/c1-9-5-6-13(18-4)11(7-9)14-12(8-15-3)16-10(2)17-14/h5-7,15H,8H2,1-4H3,(H,16,17). The molecule has 0 atom stereocenters. The number of nitrogens with one attached hydrogen (secondary N) is 2. The summed E-state index contributed by atoms with van der Waals surface area (Å²) < 4.78 is 5.42. The van der Waals surface area contributed by atoms with Crippen LogP contribution in [0, 0.1) is 13.8 Å². The zero-order valence-corrected chi connectivity index (χ0v) is 11.3. The SMILES string of the molecule is CNCc1[nH]c(C)nc1-c1cc(C)ccc1OC. The molecule has 0 bridgehead atoms. The number of H-pyrrole nitrogens is 1. The number of hydrogen-bond donors (Lipinski definition) is 2. The first-order valence-corrected chi connectivity index (χ1v) is 6.00. The monoisotopic (exact) mass is 245 g/mol. The van der Waals surface area contributed by atoms with Crippen LogP contribution in [0.1, 0.15) is 17.1 Å². The maximum atomic E-state index is 5.42. The van der Waals surface area contributed by atoms with E-state index < -0.39 is 0 Å². The van der Waals surface area contributed by atoms with Crippen LogP contribution in [-0.2, 0) is 6.54 Å². The van der Waals surface area contributed by atoms with Crippen molar-refractivity contribution in [3.8, 4) is 17.0 Å². The van der Waals surface area contributed by atoms with Crippen molar-refractivity contribution >= 4 is 0 Å². The average molecular weight is 245 g/mol. The number of aromatic amines is 1. The summed E-state index contributed by atoms with van der Waals surface area (Å²) >= 11 is 0. The minimum absolute atomic E-state index is 0.757.